The molecule has 0 amide bonds. The largest absolute Gasteiger partial charge is 0.388 e. The van der Waals surface area contributed by atoms with Gasteiger partial charge in [-0.05, 0) is 37.5 Å². The zero-order valence-electron chi connectivity index (χ0n) is 14.0. The van der Waals surface area contributed by atoms with E-state index in [9.17, 15) is 20.0 Å². The van der Waals surface area contributed by atoms with Crippen molar-refractivity contribution in [2.75, 3.05) is 13.2 Å². The zero-order chi connectivity index (χ0) is 19.3. The van der Waals surface area contributed by atoms with Crippen molar-refractivity contribution in [2.24, 2.45) is 0 Å². The topological polar surface area (TPSA) is 136 Å². The van der Waals surface area contributed by atoms with Crippen molar-refractivity contribution in [2.45, 2.75) is 62.7 Å². The Hall–Kier alpha value is 0.900. The molecule has 3 rings (SSSR count). The summed E-state index contributed by atoms with van der Waals surface area (Å²) in [6.45, 7) is -4.79. The summed E-state index contributed by atoms with van der Waals surface area (Å²) >= 11 is 9.98. The Kier molecular flexibility index (Phi) is 6.62. The van der Waals surface area contributed by atoms with E-state index in [0.29, 0.717) is 0 Å². The number of fused-ring (bicyclic) bond motifs is 3. The Morgan fingerprint density at radius 1 is 0.769 bits per heavy atom. The summed E-state index contributed by atoms with van der Waals surface area (Å²) in [5.74, 6) is 0. The first-order chi connectivity index (χ1) is 12.0. The van der Waals surface area contributed by atoms with Crippen LogP contribution >= 0.6 is 13.4 Å². The van der Waals surface area contributed by atoms with Crippen molar-refractivity contribution < 1.29 is 47.6 Å². The van der Waals surface area contributed by atoms with Gasteiger partial charge in [-0.1, -0.05) is 0 Å². The molecule has 0 aromatic heterocycles. The van der Waals surface area contributed by atoms with Crippen LogP contribution in [0.15, 0.2) is 0 Å². The molecule has 0 aromatic carbocycles. The number of aliphatic hydroxyl groups excluding tert-OH is 2. The smallest absolute Gasteiger partial charge is 0.325 e. The Morgan fingerprint density at radius 3 is 1.88 bits per heavy atom. The fourth-order valence-corrected chi connectivity index (χ4v) is 6.02. The monoisotopic (exact) mass is 452 g/mol. The lowest BCUT2D eigenvalue weighted by Crippen LogP contribution is -2.36. The fraction of sp³-hybridized carbons (Fsp3) is 1.00. The second kappa shape index (κ2) is 7.97. The van der Waals surface area contributed by atoms with Crippen molar-refractivity contribution in [1.82, 2.24) is 0 Å². The average molecular weight is 452 g/mol. The van der Waals surface area contributed by atoms with Crippen LogP contribution in [0, 0.1) is 0 Å². The van der Waals surface area contributed by atoms with Gasteiger partial charge in [0, 0.05) is 0 Å². The van der Waals surface area contributed by atoms with Gasteiger partial charge < -0.3 is 38.5 Å². The van der Waals surface area contributed by atoms with Gasteiger partial charge in [-0.25, -0.2) is 0 Å². The zero-order valence-corrected chi connectivity index (χ0v) is 17.4. The Labute approximate surface area is 160 Å². The summed E-state index contributed by atoms with van der Waals surface area (Å²) in [5.41, 5.74) is 0. The average Bonchev–Trinajstić information content (AvgIpc) is 2.95. The molecule has 0 spiro atoms. The SMILES string of the molecule is CC1OC2COP(O)(=S)OC3C(C)OC(COP(O)(=S)OC2C1O)C3O. The third-order valence-corrected chi connectivity index (χ3v) is 7.58. The van der Waals surface area contributed by atoms with Gasteiger partial charge in [-0.3, -0.25) is 9.05 Å². The molecule has 0 aromatic rings. The van der Waals surface area contributed by atoms with E-state index in [2.05, 4.69) is 0 Å². The first kappa shape index (κ1) is 21.6. The van der Waals surface area contributed by atoms with E-state index in [1.54, 1.807) is 13.8 Å². The standard InChI is InChI=1S/C12H22O10P2S2/c1-5-9(13)12-8(19-5)4-18-23(15,25)21-11-6(2)20-7(10(11)14)3-17-24(16,26)22-12/h5-14H,3-4H2,1-2H3,(H,15,25)(H,16,26). The Bertz CT molecular complexity index is 623. The van der Waals surface area contributed by atoms with Crippen LogP contribution in [0.4, 0.5) is 0 Å². The van der Waals surface area contributed by atoms with Gasteiger partial charge in [0.25, 0.3) is 0 Å². The number of hydrogen-bond donors (Lipinski definition) is 4. The maximum absolute atomic E-state index is 10.3. The number of hydrogen-bond acceptors (Lipinski definition) is 10. The highest BCUT2D eigenvalue weighted by Gasteiger charge is 2.49. The summed E-state index contributed by atoms with van der Waals surface area (Å²) in [4.78, 5) is 20.6. The number of rotatable bonds is 0. The van der Waals surface area contributed by atoms with Gasteiger partial charge in [0.2, 0.25) is 0 Å². The Balaban J connectivity index is 1.85. The molecule has 3 saturated heterocycles. The van der Waals surface area contributed by atoms with Crippen LogP contribution in [-0.4, -0.2) is 82.0 Å². The molecule has 10 atom stereocenters. The van der Waals surface area contributed by atoms with E-state index in [1.165, 1.54) is 0 Å². The molecule has 14 heteroatoms. The minimum atomic E-state index is -3.77. The van der Waals surface area contributed by atoms with Crippen LogP contribution in [0.2, 0.25) is 0 Å². The first-order valence-corrected chi connectivity index (χ1v) is 13.2. The van der Waals surface area contributed by atoms with Gasteiger partial charge in [-0.2, -0.15) is 0 Å². The third kappa shape index (κ3) is 4.72. The van der Waals surface area contributed by atoms with E-state index in [0.717, 1.165) is 0 Å². The van der Waals surface area contributed by atoms with Gasteiger partial charge >= 0.3 is 13.4 Å². The van der Waals surface area contributed by atoms with Crippen LogP contribution in [0.25, 0.3) is 0 Å². The lowest BCUT2D eigenvalue weighted by molar-refractivity contribution is -0.0298. The molecular weight excluding hydrogens is 430 g/mol. The summed E-state index contributed by atoms with van der Waals surface area (Å²) in [6.07, 6.45) is -7.20. The predicted octanol–water partition coefficient (Wildman–Crippen LogP) is -0.466. The lowest BCUT2D eigenvalue weighted by atomic mass is 10.1. The molecule has 26 heavy (non-hydrogen) atoms. The summed E-state index contributed by atoms with van der Waals surface area (Å²) in [5, 5.41) is 20.6. The molecular formula is C12H22O10P2S2. The quantitative estimate of drug-likeness (QED) is 0.354. The molecule has 0 aliphatic carbocycles. The molecule has 0 radical (unpaired) electrons. The molecule has 0 saturated carbocycles. The number of ether oxygens (including phenoxy) is 2. The van der Waals surface area contributed by atoms with E-state index < -0.39 is 62.3 Å². The molecule has 152 valence electrons. The van der Waals surface area contributed by atoms with Crippen LogP contribution in [0.3, 0.4) is 0 Å². The van der Waals surface area contributed by atoms with Crippen LogP contribution in [-0.2, 0) is 51.2 Å². The number of aliphatic hydroxyl groups is 2. The third-order valence-electron chi connectivity index (χ3n) is 4.46. The van der Waals surface area contributed by atoms with Gasteiger partial charge in [-0.15, -0.1) is 0 Å². The van der Waals surface area contributed by atoms with E-state index in [-0.39, 0.29) is 13.2 Å². The minimum absolute atomic E-state index is 0.266. The summed E-state index contributed by atoms with van der Waals surface area (Å²) in [7, 11) is 0. The maximum Gasteiger partial charge on any atom is 0.325 e. The highest BCUT2D eigenvalue weighted by Crippen LogP contribution is 2.52. The molecule has 3 fully saturated rings. The van der Waals surface area contributed by atoms with Gasteiger partial charge in [0.15, 0.2) is 0 Å². The molecule has 3 heterocycles. The molecule has 3 aliphatic heterocycles. The normalized spacial score (nSPS) is 56.2. The van der Waals surface area contributed by atoms with E-state index in [4.69, 9.17) is 51.2 Å². The predicted molar refractivity (Wildman–Crippen MR) is 95.3 cm³/mol. The van der Waals surface area contributed by atoms with E-state index >= 15 is 0 Å². The summed E-state index contributed by atoms with van der Waals surface area (Å²) in [6, 6.07) is 0. The van der Waals surface area contributed by atoms with Crippen molar-refractivity contribution in [1.29, 1.82) is 0 Å². The molecule has 3 aliphatic rings. The maximum atomic E-state index is 10.3. The molecule has 4 N–H and O–H groups in total. The van der Waals surface area contributed by atoms with Crippen LogP contribution in [0.1, 0.15) is 13.8 Å². The van der Waals surface area contributed by atoms with Crippen molar-refractivity contribution >= 4 is 37.1 Å². The first-order valence-electron chi connectivity index (χ1n) is 7.97. The Morgan fingerprint density at radius 2 is 1.27 bits per heavy atom. The van der Waals surface area contributed by atoms with Crippen molar-refractivity contribution in [3.05, 3.63) is 0 Å². The van der Waals surface area contributed by atoms with E-state index in [1.807, 2.05) is 0 Å². The fourth-order valence-electron chi connectivity index (χ4n) is 3.10. The minimum Gasteiger partial charge on any atom is -0.388 e. The molecule has 10 nitrogen and oxygen atoms in total. The molecule has 10 unspecified atom stereocenters. The highest BCUT2D eigenvalue weighted by atomic mass is 32.5. The van der Waals surface area contributed by atoms with Crippen molar-refractivity contribution in [3.8, 4) is 0 Å². The van der Waals surface area contributed by atoms with Crippen molar-refractivity contribution in [3.63, 3.8) is 0 Å². The van der Waals surface area contributed by atoms with Crippen LogP contribution < -0.4 is 0 Å². The van der Waals surface area contributed by atoms with Crippen LogP contribution in [0.5, 0.6) is 0 Å². The lowest BCUT2D eigenvalue weighted by Gasteiger charge is -2.27. The second-order valence-corrected chi connectivity index (χ2v) is 12.0. The van der Waals surface area contributed by atoms with Gasteiger partial charge in [0.1, 0.15) is 36.6 Å². The second-order valence-electron chi connectivity index (χ2n) is 6.41. The molecule has 2 bridgehead atoms. The summed E-state index contributed by atoms with van der Waals surface area (Å²) < 4.78 is 32.5. The highest BCUT2D eigenvalue weighted by molar-refractivity contribution is 8.07. The van der Waals surface area contributed by atoms with Gasteiger partial charge in [0.05, 0.1) is 25.4 Å².